The summed E-state index contributed by atoms with van der Waals surface area (Å²) in [4.78, 5) is 0. The van der Waals surface area contributed by atoms with E-state index in [-0.39, 0.29) is 6.04 Å². The van der Waals surface area contributed by atoms with Gasteiger partial charge in [-0.2, -0.15) is 0 Å². The summed E-state index contributed by atoms with van der Waals surface area (Å²) in [6.07, 6.45) is 0. The molecule has 94 valence electrons. The second kappa shape index (κ2) is 5.55. The first kappa shape index (κ1) is 13.1. The van der Waals surface area contributed by atoms with Gasteiger partial charge in [-0.25, -0.2) is 0 Å². The molecule has 0 aliphatic heterocycles. The molecule has 2 aromatic rings. The lowest BCUT2D eigenvalue weighted by Crippen LogP contribution is -2.06. The van der Waals surface area contributed by atoms with Crippen LogP contribution in [0, 0.1) is 6.92 Å². The Hall–Kier alpha value is -1.32. The third kappa shape index (κ3) is 2.92. The monoisotopic (exact) mass is 305 g/mol. The number of ether oxygens (including phenoxy) is 1. The largest absolute Gasteiger partial charge is 0.456 e. The molecule has 1 atom stereocenters. The van der Waals surface area contributed by atoms with Crippen molar-refractivity contribution in [2.24, 2.45) is 5.73 Å². The molecule has 2 nitrogen and oxygen atoms in total. The molecule has 0 bridgehead atoms. The van der Waals surface area contributed by atoms with E-state index in [1.807, 2.05) is 56.3 Å². The Morgan fingerprint density at radius 3 is 2.50 bits per heavy atom. The molecule has 0 aliphatic rings. The Labute approximate surface area is 116 Å². The van der Waals surface area contributed by atoms with Crippen molar-refractivity contribution in [2.45, 2.75) is 19.9 Å². The summed E-state index contributed by atoms with van der Waals surface area (Å²) in [5, 5.41) is 0. The summed E-state index contributed by atoms with van der Waals surface area (Å²) in [6, 6.07) is 13.8. The molecule has 0 aliphatic carbocycles. The summed E-state index contributed by atoms with van der Waals surface area (Å²) in [7, 11) is 0. The Bertz CT molecular complexity index is 552. The van der Waals surface area contributed by atoms with Crippen LogP contribution in [-0.2, 0) is 0 Å². The molecule has 18 heavy (non-hydrogen) atoms. The van der Waals surface area contributed by atoms with Gasteiger partial charge in [0, 0.05) is 11.6 Å². The highest BCUT2D eigenvalue weighted by Crippen LogP contribution is 2.33. The number of hydrogen-bond acceptors (Lipinski definition) is 2. The van der Waals surface area contributed by atoms with E-state index in [0.29, 0.717) is 0 Å². The van der Waals surface area contributed by atoms with Crippen molar-refractivity contribution in [1.82, 2.24) is 0 Å². The number of halogens is 1. The Morgan fingerprint density at radius 1 is 1.11 bits per heavy atom. The van der Waals surface area contributed by atoms with E-state index in [4.69, 9.17) is 10.5 Å². The van der Waals surface area contributed by atoms with Crippen molar-refractivity contribution in [3.05, 3.63) is 58.1 Å². The van der Waals surface area contributed by atoms with Gasteiger partial charge in [-0.3, -0.25) is 0 Å². The minimum atomic E-state index is -0.0505. The summed E-state index contributed by atoms with van der Waals surface area (Å²) in [6.45, 7) is 4.00. The van der Waals surface area contributed by atoms with Crippen LogP contribution >= 0.6 is 15.9 Å². The Morgan fingerprint density at radius 2 is 1.83 bits per heavy atom. The van der Waals surface area contributed by atoms with Crippen LogP contribution in [0.1, 0.15) is 24.1 Å². The first-order chi connectivity index (χ1) is 8.58. The molecular formula is C15H16BrNO. The number of aryl methyl sites for hydroxylation is 1. The van der Waals surface area contributed by atoms with E-state index in [0.717, 1.165) is 21.5 Å². The molecule has 2 aromatic carbocycles. The zero-order valence-corrected chi connectivity index (χ0v) is 12.1. The van der Waals surface area contributed by atoms with E-state index >= 15 is 0 Å². The van der Waals surface area contributed by atoms with Crippen molar-refractivity contribution >= 4 is 15.9 Å². The van der Waals surface area contributed by atoms with Gasteiger partial charge in [-0.1, -0.05) is 24.3 Å². The molecule has 0 saturated carbocycles. The third-order valence-corrected chi connectivity index (χ3v) is 3.34. The lowest BCUT2D eigenvalue weighted by molar-refractivity contribution is 0.469. The minimum absolute atomic E-state index is 0.0505. The average Bonchev–Trinajstić information content (AvgIpc) is 2.33. The van der Waals surface area contributed by atoms with Crippen LogP contribution in [0.25, 0.3) is 0 Å². The van der Waals surface area contributed by atoms with Crippen LogP contribution in [0.5, 0.6) is 11.5 Å². The predicted octanol–water partition coefficient (Wildman–Crippen LogP) is 4.57. The Kier molecular flexibility index (Phi) is 4.04. The second-order valence-corrected chi connectivity index (χ2v) is 5.22. The molecule has 0 spiro atoms. The number of hydrogen-bond donors (Lipinski definition) is 1. The lowest BCUT2D eigenvalue weighted by Gasteiger charge is -2.14. The van der Waals surface area contributed by atoms with Gasteiger partial charge in [-0.05, 0) is 53.5 Å². The second-order valence-electron chi connectivity index (χ2n) is 4.36. The maximum absolute atomic E-state index is 5.94. The topological polar surface area (TPSA) is 35.2 Å². The van der Waals surface area contributed by atoms with E-state index < -0.39 is 0 Å². The molecule has 1 unspecified atom stereocenters. The number of para-hydroxylation sites is 1. The zero-order valence-electron chi connectivity index (χ0n) is 10.5. The highest BCUT2D eigenvalue weighted by molar-refractivity contribution is 9.10. The maximum Gasteiger partial charge on any atom is 0.141 e. The summed E-state index contributed by atoms with van der Waals surface area (Å²) in [5.41, 5.74) is 8.13. The van der Waals surface area contributed by atoms with Gasteiger partial charge in [0.05, 0.1) is 4.47 Å². The van der Waals surface area contributed by atoms with Crippen LogP contribution in [0.2, 0.25) is 0 Å². The normalized spacial score (nSPS) is 12.2. The smallest absolute Gasteiger partial charge is 0.141 e. The highest BCUT2D eigenvalue weighted by Gasteiger charge is 2.09. The predicted molar refractivity (Wildman–Crippen MR) is 78.0 cm³/mol. The first-order valence-corrected chi connectivity index (χ1v) is 6.65. The molecule has 3 heteroatoms. The summed E-state index contributed by atoms with van der Waals surface area (Å²) >= 11 is 3.51. The maximum atomic E-state index is 5.94. The Balaban J connectivity index is 2.34. The molecule has 0 amide bonds. The van der Waals surface area contributed by atoms with Crippen molar-refractivity contribution in [3.63, 3.8) is 0 Å². The van der Waals surface area contributed by atoms with Gasteiger partial charge in [-0.15, -0.1) is 0 Å². The molecule has 0 fully saturated rings. The van der Waals surface area contributed by atoms with Gasteiger partial charge in [0.2, 0.25) is 0 Å². The molecule has 0 saturated heterocycles. The standard InChI is InChI=1S/C15H16BrNO/c1-10-7-8-15(13(16)9-10)18-14-6-4-3-5-12(14)11(2)17/h3-9,11H,17H2,1-2H3. The number of rotatable bonds is 3. The first-order valence-electron chi connectivity index (χ1n) is 5.86. The molecule has 0 heterocycles. The zero-order chi connectivity index (χ0) is 13.1. The van der Waals surface area contributed by atoms with Crippen LogP contribution in [-0.4, -0.2) is 0 Å². The molecule has 2 N–H and O–H groups in total. The van der Waals surface area contributed by atoms with E-state index in [1.54, 1.807) is 0 Å². The molecule has 0 radical (unpaired) electrons. The van der Waals surface area contributed by atoms with Crippen molar-refractivity contribution in [1.29, 1.82) is 0 Å². The third-order valence-electron chi connectivity index (χ3n) is 2.72. The number of benzene rings is 2. The fourth-order valence-corrected chi connectivity index (χ4v) is 2.33. The van der Waals surface area contributed by atoms with Crippen molar-refractivity contribution in [2.75, 3.05) is 0 Å². The lowest BCUT2D eigenvalue weighted by atomic mass is 10.1. The quantitative estimate of drug-likeness (QED) is 0.901. The fraction of sp³-hybridized carbons (Fsp3) is 0.200. The fourth-order valence-electron chi connectivity index (χ4n) is 1.76. The SMILES string of the molecule is Cc1ccc(Oc2ccccc2C(C)N)c(Br)c1. The van der Waals surface area contributed by atoms with Crippen LogP contribution in [0.4, 0.5) is 0 Å². The highest BCUT2D eigenvalue weighted by atomic mass is 79.9. The summed E-state index contributed by atoms with van der Waals surface area (Å²) < 4.78 is 6.88. The van der Waals surface area contributed by atoms with Crippen molar-refractivity contribution in [3.8, 4) is 11.5 Å². The van der Waals surface area contributed by atoms with Crippen LogP contribution in [0.15, 0.2) is 46.9 Å². The van der Waals surface area contributed by atoms with E-state index in [2.05, 4.69) is 15.9 Å². The molecule has 2 rings (SSSR count). The van der Waals surface area contributed by atoms with E-state index in [9.17, 15) is 0 Å². The van der Waals surface area contributed by atoms with Crippen molar-refractivity contribution < 1.29 is 4.74 Å². The summed E-state index contributed by atoms with van der Waals surface area (Å²) in [5.74, 6) is 1.60. The molecular weight excluding hydrogens is 290 g/mol. The van der Waals surface area contributed by atoms with E-state index in [1.165, 1.54) is 5.56 Å². The van der Waals surface area contributed by atoms with Gasteiger partial charge >= 0.3 is 0 Å². The van der Waals surface area contributed by atoms with Gasteiger partial charge in [0.1, 0.15) is 11.5 Å². The van der Waals surface area contributed by atoms with Gasteiger partial charge in [0.15, 0.2) is 0 Å². The minimum Gasteiger partial charge on any atom is -0.456 e. The van der Waals surface area contributed by atoms with Crippen LogP contribution < -0.4 is 10.5 Å². The average molecular weight is 306 g/mol. The van der Waals surface area contributed by atoms with Crippen LogP contribution in [0.3, 0.4) is 0 Å². The van der Waals surface area contributed by atoms with Gasteiger partial charge in [0.25, 0.3) is 0 Å². The number of nitrogens with two attached hydrogens (primary N) is 1. The molecule has 0 aromatic heterocycles. The van der Waals surface area contributed by atoms with Gasteiger partial charge < -0.3 is 10.5 Å².